The van der Waals surface area contributed by atoms with Crippen molar-refractivity contribution in [3.8, 4) is 10.6 Å². The number of benzene rings is 1. The Morgan fingerprint density at radius 3 is 2.56 bits per heavy atom. The van der Waals surface area contributed by atoms with E-state index in [1.807, 2.05) is 0 Å². The molecule has 0 amide bonds. The molecule has 0 aliphatic carbocycles. The summed E-state index contributed by atoms with van der Waals surface area (Å²) in [6.07, 6.45) is -2.97. The topological polar surface area (TPSA) is 38.9 Å². The number of hydrogen-bond donors (Lipinski definition) is 1. The molecule has 16 heavy (non-hydrogen) atoms. The normalized spacial score (nSPS) is 11.7. The Labute approximate surface area is 93.5 Å². The summed E-state index contributed by atoms with van der Waals surface area (Å²) in [5.74, 6) is 0. The van der Waals surface area contributed by atoms with Gasteiger partial charge >= 0.3 is 6.18 Å². The summed E-state index contributed by atoms with van der Waals surface area (Å²) in [6, 6.07) is 3.73. The van der Waals surface area contributed by atoms with Gasteiger partial charge in [0.25, 0.3) is 0 Å². The first-order valence-corrected chi connectivity index (χ1v) is 5.23. The maximum atomic E-state index is 12.7. The van der Waals surface area contributed by atoms with E-state index >= 15 is 0 Å². The van der Waals surface area contributed by atoms with Crippen molar-refractivity contribution >= 4 is 17.0 Å². The summed E-state index contributed by atoms with van der Waals surface area (Å²) in [5, 5.41) is 1.90. The fraction of sp³-hybridized carbons (Fsp3) is 0.100. The monoisotopic (exact) mass is 244 g/mol. The van der Waals surface area contributed by atoms with Crippen molar-refractivity contribution in [2.45, 2.75) is 6.18 Å². The van der Waals surface area contributed by atoms with Crippen LogP contribution in [0, 0.1) is 0 Å². The van der Waals surface area contributed by atoms with Gasteiger partial charge in [-0.15, -0.1) is 11.3 Å². The SMILES string of the molecule is Nc1cccc(C(F)(F)F)c1-c1nccs1. The van der Waals surface area contributed by atoms with Crippen molar-refractivity contribution in [3.05, 3.63) is 35.3 Å². The zero-order chi connectivity index (χ0) is 11.8. The Hall–Kier alpha value is -1.56. The van der Waals surface area contributed by atoms with E-state index in [4.69, 9.17) is 5.73 Å². The van der Waals surface area contributed by atoms with Crippen molar-refractivity contribution in [1.82, 2.24) is 4.98 Å². The Morgan fingerprint density at radius 2 is 2.00 bits per heavy atom. The van der Waals surface area contributed by atoms with Crippen molar-refractivity contribution in [2.24, 2.45) is 0 Å². The van der Waals surface area contributed by atoms with Gasteiger partial charge < -0.3 is 5.73 Å². The molecule has 1 heterocycles. The van der Waals surface area contributed by atoms with Crippen LogP contribution in [0.3, 0.4) is 0 Å². The molecule has 0 saturated heterocycles. The number of hydrogen-bond acceptors (Lipinski definition) is 3. The lowest BCUT2D eigenvalue weighted by Gasteiger charge is -2.12. The maximum absolute atomic E-state index is 12.7. The molecule has 1 aromatic heterocycles. The molecule has 0 radical (unpaired) electrons. The van der Waals surface area contributed by atoms with Gasteiger partial charge in [0.15, 0.2) is 0 Å². The van der Waals surface area contributed by atoms with Crippen LogP contribution in [-0.4, -0.2) is 4.98 Å². The highest BCUT2D eigenvalue weighted by Gasteiger charge is 2.34. The summed E-state index contributed by atoms with van der Waals surface area (Å²) in [5.41, 5.74) is 4.88. The lowest BCUT2D eigenvalue weighted by Crippen LogP contribution is -2.08. The minimum absolute atomic E-state index is 0.0370. The van der Waals surface area contributed by atoms with Gasteiger partial charge in [-0.05, 0) is 12.1 Å². The molecule has 2 aromatic rings. The Balaban J connectivity index is 2.68. The molecule has 2 rings (SSSR count). The number of rotatable bonds is 1. The lowest BCUT2D eigenvalue weighted by molar-refractivity contribution is -0.137. The minimum Gasteiger partial charge on any atom is -0.398 e. The van der Waals surface area contributed by atoms with Crippen LogP contribution in [0.4, 0.5) is 18.9 Å². The van der Waals surface area contributed by atoms with Crippen LogP contribution in [0.1, 0.15) is 5.56 Å². The van der Waals surface area contributed by atoms with Gasteiger partial charge in [0.05, 0.1) is 5.56 Å². The molecule has 6 heteroatoms. The van der Waals surface area contributed by atoms with Gasteiger partial charge in [-0.3, -0.25) is 0 Å². The molecule has 84 valence electrons. The summed E-state index contributed by atoms with van der Waals surface area (Å²) < 4.78 is 38.2. The standard InChI is InChI=1S/C10H7F3N2S/c11-10(12,13)6-2-1-3-7(14)8(6)9-15-4-5-16-9/h1-5H,14H2. The zero-order valence-electron chi connectivity index (χ0n) is 7.95. The second kappa shape index (κ2) is 3.79. The quantitative estimate of drug-likeness (QED) is 0.781. The van der Waals surface area contributed by atoms with Crippen LogP contribution < -0.4 is 5.73 Å². The number of nitrogens with zero attached hydrogens (tertiary/aromatic N) is 1. The molecule has 0 atom stereocenters. The van der Waals surface area contributed by atoms with Gasteiger partial charge in [-0.25, -0.2) is 4.98 Å². The van der Waals surface area contributed by atoms with Gasteiger partial charge in [-0.1, -0.05) is 6.07 Å². The van der Waals surface area contributed by atoms with E-state index in [1.54, 1.807) is 5.38 Å². The molecule has 0 unspecified atom stereocenters. The molecule has 0 aliphatic rings. The van der Waals surface area contributed by atoms with Crippen molar-refractivity contribution in [1.29, 1.82) is 0 Å². The molecular formula is C10H7F3N2S. The predicted octanol–water partition coefficient (Wildman–Crippen LogP) is 3.41. The average molecular weight is 244 g/mol. The zero-order valence-corrected chi connectivity index (χ0v) is 8.77. The van der Waals surface area contributed by atoms with Crippen LogP contribution in [0.15, 0.2) is 29.8 Å². The summed E-state index contributed by atoms with van der Waals surface area (Å²) in [7, 11) is 0. The Bertz CT molecular complexity index is 491. The van der Waals surface area contributed by atoms with Crippen molar-refractivity contribution in [2.75, 3.05) is 5.73 Å². The highest BCUT2D eigenvalue weighted by Crippen LogP contribution is 2.40. The van der Waals surface area contributed by atoms with Crippen molar-refractivity contribution in [3.63, 3.8) is 0 Å². The predicted molar refractivity (Wildman–Crippen MR) is 57.0 cm³/mol. The van der Waals surface area contributed by atoms with Crippen molar-refractivity contribution < 1.29 is 13.2 Å². The molecule has 2 nitrogen and oxygen atoms in total. The van der Waals surface area contributed by atoms with E-state index in [0.29, 0.717) is 0 Å². The fourth-order valence-electron chi connectivity index (χ4n) is 1.39. The van der Waals surface area contributed by atoms with Crippen LogP contribution in [0.5, 0.6) is 0 Å². The number of nitrogens with two attached hydrogens (primary N) is 1. The number of halogens is 3. The first-order valence-electron chi connectivity index (χ1n) is 4.35. The average Bonchev–Trinajstić information content (AvgIpc) is 2.68. The van der Waals surface area contributed by atoms with Gasteiger partial charge in [-0.2, -0.15) is 13.2 Å². The summed E-state index contributed by atoms with van der Waals surface area (Å²) in [4.78, 5) is 3.86. The van der Waals surface area contributed by atoms with Gasteiger partial charge in [0.1, 0.15) is 5.01 Å². The number of nitrogen functional groups attached to an aromatic ring is 1. The number of anilines is 1. The highest BCUT2D eigenvalue weighted by molar-refractivity contribution is 7.13. The lowest BCUT2D eigenvalue weighted by atomic mass is 10.1. The molecule has 2 N–H and O–H groups in total. The Kier molecular flexibility index (Phi) is 2.59. The minimum atomic E-state index is -4.42. The molecule has 0 aliphatic heterocycles. The van der Waals surface area contributed by atoms with Crippen LogP contribution in [0.2, 0.25) is 0 Å². The second-order valence-electron chi connectivity index (χ2n) is 3.10. The third-order valence-electron chi connectivity index (χ3n) is 2.05. The van der Waals surface area contributed by atoms with Gasteiger partial charge in [0.2, 0.25) is 0 Å². The van der Waals surface area contributed by atoms with E-state index in [9.17, 15) is 13.2 Å². The number of thiazole rings is 1. The first kappa shape index (κ1) is 10.9. The highest BCUT2D eigenvalue weighted by atomic mass is 32.1. The molecule has 0 spiro atoms. The van der Waals surface area contributed by atoms with E-state index in [1.165, 1.54) is 18.3 Å². The van der Waals surface area contributed by atoms with Crippen LogP contribution in [-0.2, 0) is 6.18 Å². The third kappa shape index (κ3) is 1.88. The van der Waals surface area contributed by atoms with E-state index < -0.39 is 11.7 Å². The molecule has 1 aromatic carbocycles. The Morgan fingerprint density at radius 1 is 1.25 bits per heavy atom. The summed E-state index contributed by atoms with van der Waals surface area (Å²) in [6.45, 7) is 0. The molecule has 0 saturated carbocycles. The number of alkyl halides is 3. The number of aromatic nitrogens is 1. The largest absolute Gasteiger partial charge is 0.417 e. The molecular weight excluding hydrogens is 237 g/mol. The third-order valence-corrected chi connectivity index (χ3v) is 2.84. The van der Waals surface area contributed by atoms with Crippen LogP contribution >= 0.6 is 11.3 Å². The molecule has 0 fully saturated rings. The van der Waals surface area contributed by atoms with Crippen LogP contribution in [0.25, 0.3) is 10.6 Å². The second-order valence-corrected chi connectivity index (χ2v) is 4.00. The van der Waals surface area contributed by atoms with Gasteiger partial charge in [0, 0.05) is 22.8 Å². The van der Waals surface area contributed by atoms with E-state index in [2.05, 4.69) is 4.98 Å². The summed E-state index contributed by atoms with van der Waals surface area (Å²) >= 11 is 1.13. The van der Waals surface area contributed by atoms with E-state index in [-0.39, 0.29) is 16.3 Å². The first-order chi connectivity index (χ1) is 7.50. The molecule has 0 bridgehead atoms. The fourth-order valence-corrected chi connectivity index (χ4v) is 2.11. The smallest absolute Gasteiger partial charge is 0.398 e. The maximum Gasteiger partial charge on any atom is 0.417 e. The van der Waals surface area contributed by atoms with E-state index in [0.717, 1.165) is 17.4 Å².